The van der Waals surface area contributed by atoms with Gasteiger partial charge in [0.25, 0.3) is 5.91 Å². The molecule has 0 aliphatic carbocycles. The number of benzene rings is 1. The number of halogens is 4. The second-order valence-electron chi connectivity index (χ2n) is 5.51. The van der Waals surface area contributed by atoms with Gasteiger partial charge in [0.2, 0.25) is 0 Å². The van der Waals surface area contributed by atoms with E-state index in [4.69, 9.17) is 11.6 Å². The van der Waals surface area contributed by atoms with E-state index >= 15 is 0 Å². The van der Waals surface area contributed by atoms with Crippen LogP contribution >= 0.6 is 22.9 Å². The monoisotopic (exact) mass is 399 g/mol. The highest BCUT2D eigenvalue weighted by Crippen LogP contribution is 2.34. The van der Waals surface area contributed by atoms with Gasteiger partial charge < -0.3 is 5.32 Å². The van der Waals surface area contributed by atoms with Crippen molar-refractivity contribution >= 4 is 28.8 Å². The molecule has 0 atom stereocenters. The number of nitrogens with zero attached hydrogens (tertiary/aromatic N) is 2. The van der Waals surface area contributed by atoms with Crippen LogP contribution in [0.1, 0.15) is 26.5 Å². The van der Waals surface area contributed by atoms with Gasteiger partial charge in [-0.15, -0.1) is 11.3 Å². The van der Waals surface area contributed by atoms with Gasteiger partial charge in [-0.05, 0) is 42.1 Å². The summed E-state index contributed by atoms with van der Waals surface area (Å²) in [5.74, 6) is -0.835. The van der Waals surface area contributed by atoms with Crippen LogP contribution in [-0.4, -0.2) is 15.7 Å². The predicted octanol–water partition coefficient (Wildman–Crippen LogP) is 4.84. The molecule has 2 aromatic heterocycles. The standard InChI is InChI=1S/C17H13ClF3N3OS/c1-10-5-6-26-14(10)9-22-16(25)13-8-23-24(15(13)17(19,20)21)12-4-2-3-11(18)7-12/h2-8H,9H2,1H3,(H,22,25). The highest BCUT2D eigenvalue weighted by atomic mass is 35.5. The van der Waals surface area contributed by atoms with Crippen molar-refractivity contribution in [2.45, 2.75) is 19.6 Å². The van der Waals surface area contributed by atoms with E-state index in [-0.39, 0.29) is 17.3 Å². The number of rotatable bonds is 4. The molecule has 0 radical (unpaired) electrons. The lowest BCUT2D eigenvalue weighted by atomic mass is 10.2. The highest BCUT2D eigenvalue weighted by Gasteiger charge is 2.40. The maximum absolute atomic E-state index is 13.6. The molecule has 1 amide bonds. The molecular formula is C17H13ClF3N3OS. The van der Waals surface area contributed by atoms with Gasteiger partial charge in [-0.2, -0.15) is 18.3 Å². The van der Waals surface area contributed by atoms with Crippen molar-refractivity contribution in [2.24, 2.45) is 0 Å². The van der Waals surface area contributed by atoms with E-state index in [0.29, 0.717) is 4.68 Å². The molecule has 0 unspecified atom stereocenters. The first-order valence-corrected chi connectivity index (χ1v) is 8.75. The number of hydrogen-bond donors (Lipinski definition) is 1. The van der Waals surface area contributed by atoms with E-state index in [9.17, 15) is 18.0 Å². The number of amides is 1. The molecule has 136 valence electrons. The molecule has 2 heterocycles. The summed E-state index contributed by atoms with van der Waals surface area (Å²) in [6.07, 6.45) is -3.84. The fourth-order valence-corrected chi connectivity index (χ4v) is 3.46. The average molecular weight is 400 g/mol. The van der Waals surface area contributed by atoms with Gasteiger partial charge >= 0.3 is 6.18 Å². The minimum absolute atomic E-state index is 0.123. The van der Waals surface area contributed by atoms with Crippen molar-refractivity contribution in [3.05, 3.63) is 68.6 Å². The van der Waals surface area contributed by atoms with Crippen LogP contribution in [-0.2, 0) is 12.7 Å². The molecule has 4 nitrogen and oxygen atoms in total. The van der Waals surface area contributed by atoms with Gasteiger partial charge in [0.1, 0.15) is 0 Å². The number of hydrogen-bond acceptors (Lipinski definition) is 3. The molecule has 26 heavy (non-hydrogen) atoms. The Morgan fingerprint density at radius 3 is 2.73 bits per heavy atom. The predicted molar refractivity (Wildman–Crippen MR) is 93.8 cm³/mol. The summed E-state index contributed by atoms with van der Waals surface area (Å²) >= 11 is 7.28. The summed E-state index contributed by atoms with van der Waals surface area (Å²) in [6.45, 7) is 2.03. The Morgan fingerprint density at radius 1 is 1.35 bits per heavy atom. The molecular weight excluding hydrogens is 387 g/mol. The molecule has 3 aromatic rings. The molecule has 9 heteroatoms. The number of thiophene rings is 1. The van der Waals surface area contributed by atoms with Crippen LogP contribution in [0.15, 0.2) is 41.9 Å². The number of aryl methyl sites for hydroxylation is 1. The summed E-state index contributed by atoms with van der Waals surface area (Å²) in [4.78, 5) is 13.2. The first-order valence-electron chi connectivity index (χ1n) is 7.49. The number of carbonyl (C=O) groups is 1. The van der Waals surface area contributed by atoms with Gasteiger partial charge in [-0.1, -0.05) is 17.7 Å². The van der Waals surface area contributed by atoms with Crippen molar-refractivity contribution < 1.29 is 18.0 Å². The van der Waals surface area contributed by atoms with Crippen LogP contribution in [0.2, 0.25) is 5.02 Å². The molecule has 0 saturated carbocycles. The smallest absolute Gasteiger partial charge is 0.347 e. The van der Waals surface area contributed by atoms with Crippen LogP contribution < -0.4 is 5.32 Å². The van der Waals surface area contributed by atoms with E-state index < -0.39 is 23.3 Å². The summed E-state index contributed by atoms with van der Waals surface area (Å²) < 4.78 is 41.5. The summed E-state index contributed by atoms with van der Waals surface area (Å²) in [5.41, 5.74) is -0.578. The number of nitrogens with one attached hydrogen (secondary N) is 1. The highest BCUT2D eigenvalue weighted by molar-refractivity contribution is 7.10. The Bertz CT molecular complexity index is 949. The Hall–Kier alpha value is -2.32. The van der Waals surface area contributed by atoms with E-state index in [1.54, 1.807) is 6.07 Å². The largest absolute Gasteiger partial charge is 0.434 e. The lowest BCUT2D eigenvalue weighted by Gasteiger charge is -2.13. The van der Waals surface area contributed by atoms with E-state index in [0.717, 1.165) is 16.6 Å². The minimum atomic E-state index is -4.76. The van der Waals surface area contributed by atoms with Crippen molar-refractivity contribution in [3.8, 4) is 5.69 Å². The molecule has 0 saturated heterocycles. The molecule has 0 spiro atoms. The van der Waals surface area contributed by atoms with Crippen molar-refractivity contribution in [2.75, 3.05) is 0 Å². The number of alkyl halides is 3. The fraction of sp³-hybridized carbons (Fsp3) is 0.176. The zero-order chi connectivity index (χ0) is 18.9. The van der Waals surface area contributed by atoms with Gasteiger partial charge in [0.15, 0.2) is 5.69 Å². The third-order valence-corrected chi connectivity index (χ3v) is 4.97. The second-order valence-corrected chi connectivity index (χ2v) is 6.94. The van der Waals surface area contributed by atoms with Crippen LogP contribution in [0.5, 0.6) is 0 Å². The Labute approximate surface area is 156 Å². The molecule has 0 bridgehead atoms. The lowest BCUT2D eigenvalue weighted by Crippen LogP contribution is -2.26. The Kier molecular flexibility index (Phi) is 5.06. The first-order chi connectivity index (χ1) is 12.3. The second kappa shape index (κ2) is 7.13. The van der Waals surface area contributed by atoms with Gasteiger partial charge in [0, 0.05) is 9.90 Å². The fourth-order valence-electron chi connectivity index (χ4n) is 2.43. The van der Waals surface area contributed by atoms with Crippen LogP contribution in [0, 0.1) is 6.92 Å². The average Bonchev–Trinajstić information content (AvgIpc) is 3.18. The molecule has 0 aliphatic rings. The van der Waals surface area contributed by atoms with E-state index in [2.05, 4.69) is 10.4 Å². The Morgan fingerprint density at radius 2 is 2.12 bits per heavy atom. The lowest BCUT2D eigenvalue weighted by molar-refractivity contribution is -0.143. The first kappa shape index (κ1) is 18.5. The van der Waals surface area contributed by atoms with E-state index in [1.165, 1.54) is 29.5 Å². The van der Waals surface area contributed by atoms with Crippen molar-refractivity contribution in [3.63, 3.8) is 0 Å². The molecule has 1 aromatic carbocycles. The van der Waals surface area contributed by atoms with Gasteiger partial charge in [0.05, 0.1) is 24.0 Å². The summed E-state index contributed by atoms with van der Waals surface area (Å²) in [7, 11) is 0. The SMILES string of the molecule is Cc1ccsc1CNC(=O)c1cnn(-c2cccc(Cl)c2)c1C(F)(F)F. The minimum Gasteiger partial charge on any atom is -0.347 e. The molecule has 3 rings (SSSR count). The topological polar surface area (TPSA) is 46.9 Å². The normalized spacial score (nSPS) is 11.6. The van der Waals surface area contributed by atoms with Crippen LogP contribution in [0.25, 0.3) is 5.69 Å². The molecule has 0 aliphatic heterocycles. The zero-order valence-corrected chi connectivity index (χ0v) is 15.0. The van der Waals surface area contributed by atoms with Gasteiger partial charge in [-0.25, -0.2) is 4.68 Å². The zero-order valence-electron chi connectivity index (χ0n) is 13.5. The van der Waals surface area contributed by atoms with Crippen molar-refractivity contribution in [1.29, 1.82) is 0 Å². The van der Waals surface area contributed by atoms with Crippen LogP contribution in [0.4, 0.5) is 13.2 Å². The Balaban J connectivity index is 1.94. The summed E-state index contributed by atoms with van der Waals surface area (Å²) in [5, 5.41) is 8.41. The summed E-state index contributed by atoms with van der Waals surface area (Å²) in [6, 6.07) is 7.72. The maximum atomic E-state index is 13.6. The quantitative estimate of drug-likeness (QED) is 0.682. The van der Waals surface area contributed by atoms with Gasteiger partial charge in [-0.3, -0.25) is 4.79 Å². The number of aromatic nitrogens is 2. The van der Waals surface area contributed by atoms with E-state index in [1.807, 2.05) is 18.4 Å². The maximum Gasteiger partial charge on any atom is 0.434 e. The van der Waals surface area contributed by atoms with Crippen LogP contribution in [0.3, 0.4) is 0 Å². The number of carbonyl (C=O) groups excluding carboxylic acids is 1. The molecule has 0 fully saturated rings. The third kappa shape index (κ3) is 3.76. The van der Waals surface area contributed by atoms with Crippen molar-refractivity contribution in [1.82, 2.24) is 15.1 Å². The third-order valence-electron chi connectivity index (χ3n) is 3.71. The molecule has 1 N–H and O–H groups in total.